The first-order chi connectivity index (χ1) is 12.9. The normalized spacial score (nSPS) is 50.2. The third-order valence-electron chi connectivity index (χ3n) is 7.60. The maximum absolute atomic E-state index is 13.4. The second-order valence-electron chi connectivity index (χ2n) is 8.71. The molecule has 0 aliphatic heterocycles. The highest BCUT2D eigenvalue weighted by Crippen LogP contribution is 2.66. The quantitative estimate of drug-likeness (QED) is 0.731. The van der Waals surface area contributed by atoms with Gasteiger partial charge in [0, 0.05) is 25.9 Å². The minimum absolute atomic E-state index is 0.0298. The molecular formula is C21H26O5. The minimum Gasteiger partial charge on any atom is -0.388 e. The molecule has 0 amide bonds. The van der Waals surface area contributed by atoms with E-state index in [1.165, 1.54) is 6.08 Å². The van der Waals surface area contributed by atoms with E-state index in [0.29, 0.717) is 12.8 Å². The highest BCUT2D eigenvalue weighted by Gasteiger charge is 2.68. The molecule has 0 saturated heterocycles. The topological polar surface area (TPSA) is 91.7 Å². The number of hydrogen-bond donors (Lipinski definition) is 2. The monoisotopic (exact) mass is 362 g/mol. The number of aliphatic hydroxyl groups excluding tert-OH is 1. The van der Waals surface area contributed by atoms with Crippen molar-refractivity contribution >= 4 is 17.3 Å². The number of fused-ring (bicyclic) bond motifs is 5. The number of carbonyl (C=O) groups is 3. The lowest BCUT2D eigenvalue weighted by Crippen LogP contribution is -2.60. The van der Waals surface area contributed by atoms with Crippen molar-refractivity contribution in [1.29, 1.82) is 0 Å². The summed E-state index contributed by atoms with van der Waals surface area (Å²) in [6.07, 6.45) is 3.77. The molecule has 0 heterocycles. The Kier molecular flexibility index (Phi) is 3.25. The van der Waals surface area contributed by atoms with E-state index in [-0.39, 0.29) is 36.2 Å². The molecule has 0 unspecified atom stereocenters. The number of aliphatic hydroxyl groups is 2. The summed E-state index contributed by atoms with van der Waals surface area (Å²) in [6, 6.07) is 0. The SMILES string of the molecule is [2H]C1([2H])C[C@H]2[C@@H]3CCC4=CC(=O)C=C[C@]4(C)[C@H]3C(=O)C[C@]2(C)[C@@]1(O)[13C](=O)[13CH2]O. The van der Waals surface area contributed by atoms with E-state index < -0.39 is 41.1 Å². The molecule has 4 aliphatic carbocycles. The molecule has 4 aliphatic rings. The average Bonchev–Trinajstić information content (AvgIpc) is 2.78. The summed E-state index contributed by atoms with van der Waals surface area (Å²) in [5.41, 5.74) is -3.32. The second-order valence-corrected chi connectivity index (χ2v) is 8.71. The summed E-state index contributed by atoms with van der Waals surface area (Å²) in [4.78, 5) is 37.7. The van der Waals surface area contributed by atoms with Crippen LogP contribution in [-0.4, -0.2) is 39.8 Å². The first kappa shape index (κ1) is 15.5. The lowest BCUT2D eigenvalue weighted by Gasteiger charge is -2.56. The van der Waals surface area contributed by atoms with Crippen LogP contribution >= 0.6 is 0 Å². The van der Waals surface area contributed by atoms with E-state index in [1.54, 1.807) is 19.1 Å². The first-order valence-corrected chi connectivity index (χ1v) is 9.26. The Morgan fingerprint density at radius 1 is 1.35 bits per heavy atom. The zero-order chi connectivity index (χ0) is 20.7. The molecular weight excluding hydrogens is 334 g/mol. The summed E-state index contributed by atoms with van der Waals surface area (Å²) in [6.45, 7) is 2.61. The van der Waals surface area contributed by atoms with E-state index >= 15 is 0 Å². The maximum Gasteiger partial charge on any atom is 0.190 e. The maximum atomic E-state index is 13.4. The van der Waals surface area contributed by atoms with Crippen LogP contribution in [0.15, 0.2) is 23.8 Å². The van der Waals surface area contributed by atoms with Crippen LogP contribution in [0.1, 0.15) is 48.6 Å². The molecule has 3 saturated carbocycles. The lowest BCUT2D eigenvalue weighted by atomic mass is 9.47. The molecule has 2 N–H and O–H groups in total. The summed E-state index contributed by atoms with van der Waals surface area (Å²) in [5, 5.41) is 20.7. The van der Waals surface area contributed by atoms with Crippen LogP contribution in [0, 0.1) is 28.6 Å². The van der Waals surface area contributed by atoms with Crippen molar-refractivity contribution < 1.29 is 27.3 Å². The summed E-state index contributed by atoms with van der Waals surface area (Å²) in [5.74, 6) is -2.12. The predicted molar refractivity (Wildman–Crippen MR) is 94.0 cm³/mol. The van der Waals surface area contributed by atoms with Crippen LogP contribution in [0.5, 0.6) is 0 Å². The van der Waals surface area contributed by atoms with Gasteiger partial charge in [-0.1, -0.05) is 25.5 Å². The average molecular weight is 362 g/mol. The van der Waals surface area contributed by atoms with Crippen molar-refractivity contribution in [3.63, 3.8) is 0 Å². The van der Waals surface area contributed by atoms with Gasteiger partial charge in [-0.25, -0.2) is 0 Å². The third kappa shape index (κ3) is 2.01. The molecule has 5 heteroatoms. The Morgan fingerprint density at radius 3 is 2.77 bits per heavy atom. The van der Waals surface area contributed by atoms with Crippen LogP contribution in [0.4, 0.5) is 0 Å². The summed E-state index contributed by atoms with van der Waals surface area (Å²) < 4.78 is 16.9. The number of hydrogen-bond acceptors (Lipinski definition) is 5. The van der Waals surface area contributed by atoms with Gasteiger partial charge < -0.3 is 10.2 Å². The smallest absolute Gasteiger partial charge is 0.190 e. The number of ketones is 3. The van der Waals surface area contributed by atoms with Crippen LogP contribution < -0.4 is 0 Å². The van der Waals surface area contributed by atoms with Crippen molar-refractivity contribution in [2.24, 2.45) is 28.6 Å². The molecule has 26 heavy (non-hydrogen) atoms. The molecule has 0 aromatic heterocycles. The van der Waals surface area contributed by atoms with Crippen LogP contribution in [0.2, 0.25) is 0 Å². The van der Waals surface area contributed by atoms with Crippen molar-refractivity contribution in [3.05, 3.63) is 23.8 Å². The molecule has 5 nitrogen and oxygen atoms in total. The van der Waals surface area contributed by atoms with E-state index in [4.69, 9.17) is 2.74 Å². The summed E-state index contributed by atoms with van der Waals surface area (Å²) in [7, 11) is 0. The van der Waals surface area contributed by atoms with Gasteiger partial charge in [-0.15, -0.1) is 0 Å². The number of allylic oxidation sites excluding steroid dienone is 4. The van der Waals surface area contributed by atoms with Gasteiger partial charge in [0.15, 0.2) is 11.6 Å². The van der Waals surface area contributed by atoms with E-state index in [0.717, 1.165) is 5.57 Å². The van der Waals surface area contributed by atoms with Gasteiger partial charge in [0.1, 0.15) is 18.0 Å². The highest BCUT2D eigenvalue weighted by atomic mass is 16.4. The van der Waals surface area contributed by atoms with Gasteiger partial charge in [-0.2, -0.15) is 0 Å². The van der Waals surface area contributed by atoms with Gasteiger partial charge in [-0.3, -0.25) is 14.4 Å². The minimum atomic E-state index is -2.39. The molecule has 0 bridgehead atoms. The highest BCUT2D eigenvalue weighted by molar-refractivity contribution is 6.02. The molecule has 140 valence electrons. The van der Waals surface area contributed by atoms with Gasteiger partial charge >= 0.3 is 0 Å². The van der Waals surface area contributed by atoms with Crippen LogP contribution in [0.25, 0.3) is 0 Å². The Labute approximate surface area is 156 Å². The zero-order valence-corrected chi connectivity index (χ0v) is 15.1. The summed E-state index contributed by atoms with van der Waals surface area (Å²) >= 11 is 0. The Hall–Kier alpha value is -1.59. The fourth-order valence-corrected chi connectivity index (χ4v) is 6.16. The molecule has 4 rings (SSSR count). The fourth-order valence-electron chi connectivity index (χ4n) is 6.16. The van der Waals surface area contributed by atoms with Crippen molar-refractivity contribution in [2.45, 2.75) is 51.5 Å². The third-order valence-corrected chi connectivity index (χ3v) is 7.60. The predicted octanol–water partition coefficient (Wildman–Crippen LogP) is 1.77. The molecule has 6 atom stereocenters. The fraction of sp³-hybridized carbons (Fsp3) is 0.667. The van der Waals surface area contributed by atoms with E-state index in [9.17, 15) is 24.6 Å². The first-order valence-electron chi connectivity index (χ1n) is 10.3. The molecule has 0 aromatic rings. The molecule has 3 fully saturated rings. The number of carbonyl (C=O) groups excluding carboxylic acids is 3. The van der Waals surface area contributed by atoms with Gasteiger partial charge in [-0.05, 0) is 49.6 Å². The van der Waals surface area contributed by atoms with Crippen LogP contribution in [-0.2, 0) is 14.4 Å². The lowest BCUT2D eigenvalue weighted by molar-refractivity contribution is -0.168. The van der Waals surface area contributed by atoms with Crippen LogP contribution in [0.3, 0.4) is 0 Å². The number of Topliss-reactive ketones (excluding diaryl/α,β-unsaturated/α-hetero) is 2. The standard InChI is InChI=1S/C21H26O5/c1-19-7-5-13(23)9-12(19)3-4-14-15-6-8-21(26,17(25)11-22)20(15,2)10-16(24)18(14)19/h5,7,9,14-15,18,22,26H,3-4,6,8,10-11H2,1-2H3/t14-,15-,18+,19-,20-,21-/m0/s1/i8D2,11+1,17+1. The molecule has 0 radical (unpaired) electrons. The number of rotatable bonds is 2. The van der Waals surface area contributed by atoms with Crippen molar-refractivity contribution in [2.75, 3.05) is 6.61 Å². The molecule has 0 spiro atoms. The Morgan fingerprint density at radius 2 is 2.08 bits per heavy atom. The largest absolute Gasteiger partial charge is 0.388 e. The Bertz CT molecular complexity index is 846. The van der Waals surface area contributed by atoms with Gasteiger partial charge in [0.2, 0.25) is 0 Å². The Balaban J connectivity index is 1.82. The van der Waals surface area contributed by atoms with Gasteiger partial charge in [0.25, 0.3) is 0 Å². The zero-order valence-electron chi connectivity index (χ0n) is 17.1. The van der Waals surface area contributed by atoms with Gasteiger partial charge in [0.05, 0.1) is 0 Å². The van der Waals surface area contributed by atoms with Crippen molar-refractivity contribution in [3.8, 4) is 0 Å². The molecule has 0 aromatic carbocycles. The van der Waals surface area contributed by atoms with E-state index in [1.807, 2.05) is 6.92 Å². The second kappa shape index (κ2) is 5.46. The van der Waals surface area contributed by atoms with E-state index in [2.05, 4.69) is 0 Å². The van der Waals surface area contributed by atoms with Crippen molar-refractivity contribution in [1.82, 2.24) is 0 Å².